The smallest absolute Gasteiger partial charge is 0.355 e. The first-order chi connectivity index (χ1) is 13.5. The molecule has 4 rings (SSSR count). The highest BCUT2D eigenvalue weighted by Gasteiger charge is 2.59. The van der Waals surface area contributed by atoms with Gasteiger partial charge in [0, 0.05) is 5.02 Å². The van der Waals surface area contributed by atoms with Gasteiger partial charge in [0.2, 0.25) is 5.91 Å². The van der Waals surface area contributed by atoms with E-state index in [9.17, 15) is 14.4 Å². The number of nitrogens with zero attached hydrogens (tertiary/aromatic N) is 3. The third-order valence-corrected chi connectivity index (χ3v) is 4.86. The lowest BCUT2D eigenvalue weighted by molar-refractivity contribution is -0.136. The summed E-state index contributed by atoms with van der Waals surface area (Å²) in [6, 6.07) is 14.4. The summed E-state index contributed by atoms with van der Waals surface area (Å²) in [5, 5.41) is 6.10. The van der Waals surface area contributed by atoms with E-state index in [-0.39, 0.29) is 12.3 Å². The number of hydrogen-bond donors (Lipinski definition) is 0. The predicted octanol–water partition coefficient (Wildman–Crippen LogP) is 2.64. The standard InChI is InChI=1S/C20H16ClN3O4/c1-2-28-20(27)16-15-17(24(22-16)13-8-4-3-5-9-13)19(26)23(18(15)25)14-10-6-7-12(21)11-14/h3-11,15,17H,2H2,1H3/t15-,17-/m1/s1. The summed E-state index contributed by atoms with van der Waals surface area (Å²) in [6.07, 6.45) is 0. The van der Waals surface area contributed by atoms with E-state index in [0.29, 0.717) is 16.4 Å². The molecule has 2 aliphatic heterocycles. The van der Waals surface area contributed by atoms with E-state index in [4.69, 9.17) is 16.3 Å². The Hall–Kier alpha value is -3.19. The van der Waals surface area contributed by atoms with Crippen molar-refractivity contribution in [2.24, 2.45) is 11.0 Å². The second kappa shape index (κ2) is 7.09. The third kappa shape index (κ3) is 2.84. The van der Waals surface area contributed by atoms with Gasteiger partial charge in [-0.2, -0.15) is 5.10 Å². The topological polar surface area (TPSA) is 79.3 Å². The number of esters is 1. The second-order valence-corrected chi connectivity index (χ2v) is 6.74. The predicted molar refractivity (Wildman–Crippen MR) is 104 cm³/mol. The molecule has 0 bridgehead atoms. The number of benzene rings is 2. The first kappa shape index (κ1) is 18.2. The van der Waals surface area contributed by atoms with Gasteiger partial charge in [0.25, 0.3) is 5.91 Å². The minimum atomic E-state index is -1.04. The van der Waals surface area contributed by atoms with Gasteiger partial charge >= 0.3 is 5.97 Å². The van der Waals surface area contributed by atoms with Gasteiger partial charge in [-0.05, 0) is 37.3 Å². The maximum absolute atomic E-state index is 13.2. The Balaban J connectivity index is 1.79. The molecule has 28 heavy (non-hydrogen) atoms. The largest absolute Gasteiger partial charge is 0.461 e. The van der Waals surface area contributed by atoms with E-state index in [1.54, 1.807) is 49.4 Å². The molecule has 2 aromatic carbocycles. The van der Waals surface area contributed by atoms with E-state index in [1.807, 2.05) is 6.07 Å². The van der Waals surface area contributed by atoms with Crippen LogP contribution in [0.15, 0.2) is 59.7 Å². The highest BCUT2D eigenvalue weighted by molar-refractivity contribution is 6.47. The minimum absolute atomic E-state index is 0.0708. The lowest BCUT2D eigenvalue weighted by Crippen LogP contribution is -2.39. The Morgan fingerprint density at radius 2 is 1.79 bits per heavy atom. The number of rotatable bonds is 4. The lowest BCUT2D eigenvalue weighted by atomic mass is 9.98. The molecule has 2 aliphatic rings. The summed E-state index contributed by atoms with van der Waals surface area (Å²) in [7, 11) is 0. The molecule has 2 atom stereocenters. The van der Waals surface area contributed by atoms with Crippen LogP contribution in [0.5, 0.6) is 0 Å². The van der Waals surface area contributed by atoms with Crippen LogP contribution >= 0.6 is 11.6 Å². The molecule has 0 N–H and O–H groups in total. The molecule has 142 valence electrons. The van der Waals surface area contributed by atoms with E-state index in [0.717, 1.165) is 4.90 Å². The Morgan fingerprint density at radius 3 is 2.46 bits per heavy atom. The number of para-hydroxylation sites is 1. The number of carbonyl (C=O) groups is 3. The summed E-state index contributed by atoms with van der Waals surface area (Å²) in [5.41, 5.74) is 0.887. The fourth-order valence-corrected chi connectivity index (χ4v) is 3.64. The summed E-state index contributed by atoms with van der Waals surface area (Å²) >= 11 is 6.03. The van der Waals surface area contributed by atoms with Gasteiger partial charge in [0.05, 0.1) is 18.0 Å². The van der Waals surface area contributed by atoms with Crippen LogP contribution in [-0.2, 0) is 19.1 Å². The van der Waals surface area contributed by atoms with Gasteiger partial charge < -0.3 is 4.74 Å². The normalized spacial score (nSPS) is 21.0. The molecule has 2 amide bonds. The number of carbonyl (C=O) groups excluding carboxylic acids is 3. The van der Waals surface area contributed by atoms with Crippen LogP contribution in [0.25, 0.3) is 0 Å². The van der Waals surface area contributed by atoms with Crippen molar-refractivity contribution in [2.45, 2.75) is 13.0 Å². The molecular formula is C20H16ClN3O4. The number of hydrogen-bond acceptors (Lipinski definition) is 6. The lowest BCUT2D eigenvalue weighted by Gasteiger charge is -2.22. The molecule has 7 nitrogen and oxygen atoms in total. The van der Waals surface area contributed by atoms with Crippen molar-refractivity contribution in [1.29, 1.82) is 0 Å². The number of halogens is 1. The number of anilines is 2. The first-order valence-corrected chi connectivity index (χ1v) is 9.14. The van der Waals surface area contributed by atoms with E-state index < -0.39 is 29.7 Å². The molecule has 2 aromatic rings. The van der Waals surface area contributed by atoms with Crippen LogP contribution in [0.2, 0.25) is 5.02 Å². The molecule has 1 fully saturated rings. The van der Waals surface area contributed by atoms with E-state index in [1.165, 1.54) is 11.1 Å². The zero-order valence-corrected chi connectivity index (χ0v) is 15.7. The summed E-state index contributed by atoms with van der Waals surface area (Å²) in [6.45, 7) is 1.81. The maximum atomic E-state index is 13.2. The van der Waals surface area contributed by atoms with Gasteiger partial charge in [-0.3, -0.25) is 14.6 Å². The fraction of sp³-hybridized carbons (Fsp3) is 0.200. The molecule has 0 unspecified atom stereocenters. The summed E-state index contributed by atoms with van der Waals surface area (Å²) in [4.78, 5) is 39.9. The number of ether oxygens (including phenoxy) is 1. The zero-order chi connectivity index (χ0) is 19.8. The highest BCUT2D eigenvalue weighted by atomic mass is 35.5. The van der Waals surface area contributed by atoms with Crippen molar-refractivity contribution in [2.75, 3.05) is 16.5 Å². The number of hydrazone groups is 1. The Kier molecular flexibility index (Phi) is 4.60. The quantitative estimate of drug-likeness (QED) is 0.585. The van der Waals surface area contributed by atoms with E-state index >= 15 is 0 Å². The summed E-state index contributed by atoms with van der Waals surface area (Å²) in [5.74, 6) is -2.73. The average molecular weight is 398 g/mol. The maximum Gasteiger partial charge on any atom is 0.355 e. The van der Waals surface area contributed by atoms with Crippen molar-refractivity contribution >= 4 is 46.5 Å². The molecule has 1 saturated heterocycles. The molecule has 0 aliphatic carbocycles. The third-order valence-electron chi connectivity index (χ3n) is 4.62. The van der Waals surface area contributed by atoms with Crippen molar-refractivity contribution < 1.29 is 19.1 Å². The van der Waals surface area contributed by atoms with Crippen molar-refractivity contribution in [3.63, 3.8) is 0 Å². The minimum Gasteiger partial charge on any atom is -0.461 e. The highest BCUT2D eigenvalue weighted by Crippen LogP contribution is 2.38. The van der Waals surface area contributed by atoms with Gasteiger partial charge in [-0.1, -0.05) is 35.9 Å². The molecule has 0 saturated carbocycles. The first-order valence-electron chi connectivity index (χ1n) is 8.76. The van der Waals surface area contributed by atoms with Gasteiger partial charge in [-0.25, -0.2) is 9.69 Å². The SMILES string of the molecule is CCOC(=O)C1=NN(c2ccccc2)[C@H]2C(=O)N(c3cccc(Cl)c3)C(=O)[C@H]12. The second-order valence-electron chi connectivity index (χ2n) is 6.30. The number of amides is 2. The molecule has 0 spiro atoms. The fourth-order valence-electron chi connectivity index (χ4n) is 3.45. The molecular weight excluding hydrogens is 382 g/mol. The van der Waals surface area contributed by atoms with Gasteiger partial charge in [0.15, 0.2) is 5.71 Å². The molecule has 0 aromatic heterocycles. The van der Waals surface area contributed by atoms with Crippen molar-refractivity contribution in [3.05, 3.63) is 59.6 Å². The molecule has 2 heterocycles. The van der Waals surface area contributed by atoms with Crippen LogP contribution in [-0.4, -0.2) is 36.1 Å². The van der Waals surface area contributed by atoms with Crippen molar-refractivity contribution in [3.8, 4) is 0 Å². The van der Waals surface area contributed by atoms with Crippen LogP contribution in [0.4, 0.5) is 11.4 Å². The summed E-state index contributed by atoms with van der Waals surface area (Å²) < 4.78 is 5.06. The molecule has 0 radical (unpaired) electrons. The Bertz CT molecular complexity index is 992. The van der Waals surface area contributed by atoms with E-state index in [2.05, 4.69) is 5.10 Å². The van der Waals surface area contributed by atoms with Crippen LogP contribution in [0.1, 0.15) is 6.92 Å². The van der Waals surface area contributed by atoms with Crippen LogP contribution < -0.4 is 9.91 Å². The van der Waals surface area contributed by atoms with Crippen molar-refractivity contribution in [1.82, 2.24) is 0 Å². The monoisotopic (exact) mass is 397 g/mol. The zero-order valence-electron chi connectivity index (χ0n) is 14.9. The Morgan fingerprint density at radius 1 is 1.07 bits per heavy atom. The van der Waals surface area contributed by atoms with Crippen LogP contribution in [0, 0.1) is 5.92 Å². The molecule has 8 heteroatoms. The Labute approximate surface area is 166 Å². The number of fused-ring (bicyclic) bond motifs is 1. The van der Waals surface area contributed by atoms with Gasteiger partial charge in [0.1, 0.15) is 12.0 Å². The number of imide groups is 1. The van der Waals surface area contributed by atoms with Crippen LogP contribution in [0.3, 0.4) is 0 Å². The van der Waals surface area contributed by atoms with Gasteiger partial charge in [-0.15, -0.1) is 0 Å². The average Bonchev–Trinajstić information content (AvgIpc) is 3.20.